The number of nitrogens with zero attached hydrogens (tertiary/aromatic N) is 1. The summed E-state index contributed by atoms with van der Waals surface area (Å²) < 4.78 is 5.23. The van der Waals surface area contributed by atoms with Gasteiger partial charge in [-0.15, -0.1) is 0 Å². The monoisotopic (exact) mass is 405 g/mol. The maximum absolute atomic E-state index is 13.6. The summed E-state index contributed by atoms with van der Waals surface area (Å²) in [6.45, 7) is 0. The van der Waals surface area contributed by atoms with E-state index in [2.05, 4.69) is 10.6 Å². The van der Waals surface area contributed by atoms with Crippen molar-refractivity contribution in [3.63, 3.8) is 0 Å². The van der Waals surface area contributed by atoms with Crippen LogP contribution in [0.5, 0.6) is 5.75 Å². The van der Waals surface area contributed by atoms with Crippen LogP contribution in [0.3, 0.4) is 0 Å². The number of benzene rings is 3. The van der Waals surface area contributed by atoms with Crippen molar-refractivity contribution in [3.05, 3.63) is 82.9 Å². The van der Waals surface area contributed by atoms with E-state index in [1.807, 2.05) is 6.07 Å². The van der Waals surface area contributed by atoms with Crippen LogP contribution in [0.1, 0.15) is 15.9 Å². The maximum Gasteiger partial charge on any atom is 0.276 e. The number of fused-ring (bicyclic) bond motifs is 3. The maximum atomic E-state index is 13.6. The third-order valence-corrected chi connectivity index (χ3v) is 5.63. The first-order valence-electron chi connectivity index (χ1n) is 9.02. The highest BCUT2D eigenvalue weighted by Crippen LogP contribution is 2.49. The molecular formula is C22H16ClN3O3. The van der Waals surface area contributed by atoms with Gasteiger partial charge in [0, 0.05) is 16.9 Å². The summed E-state index contributed by atoms with van der Waals surface area (Å²) in [4.78, 5) is 28.5. The van der Waals surface area contributed by atoms with Gasteiger partial charge in [-0.05, 0) is 42.5 Å². The molecule has 29 heavy (non-hydrogen) atoms. The molecule has 0 fully saturated rings. The quantitative estimate of drug-likeness (QED) is 0.669. The first kappa shape index (κ1) is 17.6. The first-order valence-corrected chi connectivity index (χ1v) is 9.40. The number of methoxy groups -OCH3 is 1. The van der Waals surface area contributed by atoms with Crippen molar-refractivity contribution in [2.24, 2.45) is 0 Å². The van der Waals surface area contributed by atoms with Gasteiger partial charge in [0.2, 0.25) is 5.66 Å². The zero-order valence-electron chi connectivity index (χ0n) is 15.4. The molecule has 0 unspecified atom stereocenters. The predicted octanol–water partition coefficient (Wildman–Crippen LogP) is 4.23. The Bertz CT molecular complexity index is 1160. The average Bonchev–Trinajstić information content (AvgIpc) is 3.02. The highest BCUT2D eigenvalue weighted by Gasteiger charge is 2.57. The Hall–Kier alpha value is -3.51. The Balaban J connectivity index is 1.79. The van der Waals surface area contributed by atoms with Crippen molar-refractivity contribution in [2.45, 2.75) is 5.66 Å². The highest BCUT2D eigenvalue weighted by atomic mass is 35.5. The molecule has 2 heterocycles. The van der Waals surface area contributed by atoms with E-state index in [0.29, 0.717) is 39.0 Å². The molecule has 3 aromatic carbocycles. The van der Waals surface area contributed by atoms with Gasteiger partial charge in [0.15, 0.2) is 0 Å². The van der Waals surface area contributed by atoms with Crippen molar-refractivity contribution in [2.75, 3.05) is 22.6 Å². The normalized spacial score (nSPS) is 19.4. The lowest BCUT2D eigenvalue weighted by Crippen LogP contribution is -2.61. The zero-order valence-corrected chi connectivity index (χ0v) is 16.2. The van der Waals surface area contributed by atoms with Crippen molar-refractivity contribution in [3.8, 4) is 5.75 Å². The summed E-state index contributed by atoms with van der Waals surface area (Å²) in [5.41, 5.74) is 1.26. The van der Waals surface area contributed by atoms with Gasteiger partial charge in [0.1, 0.15) is 5.75 Å². The van der Waals surface area contributed by atoms with Crippen LogP contribution in [0.4, 0.5) is 17.1 Å². The number of rotatable bonds is 2. The number of anilines is 3. The Labute approximate surface area is 172 Å². The standard InChI is InChI=1S/C22H16ClN3O3/c1-29-14-11-9-13(10-12-14)26-20(27)15-5-2-3-8-18(15)25-22(26)16-6-4-7-17(23)19(16)24-21(22)28/h2-12,25H,1H3,(H,24,28)/t22-/m0/s1. The SMILES string of the molecule is COc1ccc(N2C(=O)c3ccccc3N[C@]23C(=O)Nc2c(Cl)cccc23)cc1. The summed E-state index contributed by atoms with van der Waals surface area (Å²) >= 11 is 6.34. The van der Waals surface area contributed by atoms with Gasteiger partial charge < -0.3 is 15.4 Å². The van der Waals surface area contributed by atoms with Crippen molar-refractivity contribution in [1.82, 2.24) is 0 Å². The summed E-state index contributed by atoms with van der Waals surface area (Å²) in [7, 11) is 1.57. The molecule has 0 saturated carbocycles. The molecule has 7 heteroatoms. The van der Waals surface area contributed by atoms with Crippen LogP contribution in [-0.4, -0.2) is 18.9 Å². The lowest BCUT2D eigenvalue weighted by atomic mass is 9.92. The second kappa shape index (κ2) is 6.25. The van der Waals surface area contributed by atoms with Crippen molar-refractivity contribution in [1.29, 1.82) is 0 Å². The largest absolute Gasteiger partial charge is 0.497 e. The van der Waals surface area contributed by atoms with E-state index < -0.39 is 5.66 Å². The van der Waals surface area contributed by atoms with Crippen LogP contribution < -0.4 is 20.3 Å². The summed E-state index contributed by atoms with van der Waals surface area (Å²) in [6.07, 6.45) is 0. The number of halogens is 1. The van der Waals surface area contributed by atoms with E-state index in [1.54, 1.807) is 67.8 Å². The molecule has 144 valence electrons. The van der Waals surface area contributed by atoms with Gasteiger partial charge >= 0.3 is 0 Å². The molecule has 5 rings (SSSR count). The number of hydrogen-bond donors (Lipinski definition) is 2. The molecule has 0 bridgehead atoms. The van der Waals surface area contributed by atoms with Crippen molar-refractivity contribution < 1.29 is 14.3 Å². The molecule has 0 saturated heterocycles. The molecule has 1 spiro atoms. The number of nitrogens with one attached hydrogen (secondary N) is 2. The molecule has 2 aliphatic rings. The second-order valence-corrected chi connectivity index (χ2v) is 7.24. The Morgan fingerprint density at radius 3 is 2.48 bits per heavy atom. The van der Waals surface area contributed by atoms with Gasteiger partial charge in [-0.25, -0.2) is 0 Å². The van der Waals surface area contributed by atoms with Crippen LogP contribution in [0.25, 0.3) is 0 Å². The van der Waals surface area contributed by atoms with Crippen LogP contribution in [0.15, 0.2) is 66.7 Å². The molecule has 3 aromatic rings. The first-order chi connectivity index (χ1) is 14.1. The van der Waals surface area contributed by atoms with Crippen LogP contribution in [0, 0.1) is 0 Å². The molecule has 1 atom stereocenters. The zero-order chi connectivity index (χ0) is 20.2. The number of hydrogen-bond acceptors (Lipinski definition) is 4. The molecule has 2 N–H and O–H groups in total. The Morgan fingerprint density at radius 1 is 0.966 bits per heavy atom. The summed E-state index contributed by atoms with van der Waals surface area (Å²) in [6, 6.07) is 19.4. The van der Waals surface area contributed by atoms with E-state index in [9.17, 15) is 9.59 Å². The molecular weight excluding hydrogens is 390 g/mol. The van der Waals surface area contributed by atoms with Crippen LogP contribution in [-0.2, 0) is 10.5 Å². The summed E-state index contributed by atoms with van der Waals surface area (Å²) in [5.74, 6) is -0.00769. The summed E-state index contributed by atoms with van der Waals surface area (Å²) in [5, 5.41) is 6.58. The molecule has 2 aliphatic heterocycles. The number of ether oxygens (including phenoxy) is 1. The molecule has 0 radical (unpaired) electrons. The highest BCUT2D eigenvalue weighted by molar-refractivity contribution is 6.35. The lowest BCUT2D eigenvalue weighted by Gasteiger charge is -2.44. The smallest absolute Gasteiger partial charge is 0.276 e. The minimum atomic E-state index is -1.46. The van der Waals surface area contributed by atoms with Crippen molar-refractivity contribution >= 4 is 40.5 Å². The van der Waals surface area contributed by atoms with E-state index in [-0.39, 0.29) is 11.8 Å². The van der Waals surface area contributed by atoms with Gasteiger partial charge in [0.05, 0.1) is 23.4 Å². The Morgan fingerprint density at radius 2 is 1.72 bits per heavy atom. The predicted molar refractivity (Wildman–Crippen MR) is 112 cm³/mol. The van der Waals surface area contributed by atoms with Crippen LogP contribution >= 0.6 is 11.6 Å². The van der Waals surface area contributed by atoms with Gasteiger partial charge in [-0.1, -0.05) is 35.9 Å². The molecule has 6 nitrogen and oxygen atoms in total. The van der Waals surface area contributed by atoms with E-state index in [0.717, 1.165) is 0 Å². The van der Waals surface area contributed by atoms with Gasteiger partial charge in [0.25, 0.3) is 11.8 Å². The Kier molecular flexibility index (Phi) is 3.79. The molecule has 2 amide bonds. The minimum absolute atomic E-state index is 0.285. The fourth-order valence-corrected chi connectivity index (χ4v) is 4.19. The van der Waals surface area contributed by atoms with E-state index in [4.69, 9.17) is 16.3 Å². The fraction of sp³-hybridized carbons (Fsp3) is 0.0909. The lowest BCUT2D eigenvalue weighted by molar-refractivity contribution is -0.119. The number of carbonyl (C=O) groups is 2. The third-order valence-electron chi connectivity index (χ3n) is 5.31. The fourth-order valence-electron chi connectivity index (χ4n) is 3.97. The van der Waals surface area contributed by atoms with Crippen LogP contribution in [0.2, 0.25) is 5.02 Å². The van der Waals surface area contributed by atoms with E-state index >= 15 is 0 Å². The topological polar surface area (TPSA) is 70.7 Å². The third kappa shape index (κ3) is 2.36. The molecule has 0 aromatic heterocycles. The second-order valence-electron chi connectivity index (χ2n) is 6.84. The average molecular weight is 406 g/mol. The minimum Gasteiger partial charge on any atom is -0.497 e. The number of para-hydroxylation sites is 2. The van der Waals surface area contributed by atoms with E-state index in [1.165, 1.54) is 4.90 Å². The van der Waals surface area contributed by atoms with Gasteiger partial charge in [-0.2, -0.15) is 0 Å². The number of carbonyl (C=O) groups excluding carboxylic acids is 2. The molecule has 0 aliphatic carbocycles. The van der Waals surface area contributed by atoms with Gasteiger partial charge in [-0.3, -0.25) is 14.5 Å². The number of amides is 2.